The summed E-state index contributed by atoms with van der Waals surface area (Å²) < 4.78 is 6.91. The molecule has 33 heavy (non-hydrogen) atoms. The molecule has 5 rings (SSSR count). The lowest BCUT2D eigenvalue weighted by Gasteiger charge is -2.30. The molecule has 0 radical (unpaired) electrons. The van der Waals surface area contributed by atoms with E-state index in [-0.39, 0.29) is 6.10 Å². The monoisotopic (exact) mass is 447 g/mol. The molecule has 0 unspecified atom stereocenters. The Bertz CT molecular complexity index is 1260. The number of hydrogen-bond acceptors (Lipinski definition) is 10. The largest absolute Gasteiger partial charge is 0.481 e. The zero-order chi connectivity index (χ0) is 22.9. The molecule has 0 aliphatic carbocycles. The highest BCUT2D eigenvalue weighted by Gasteiger charge is 2.22. The number of nitrogens with one attached hydrogen (secondary N) is 1. The van der Waals surface area contributed by atoms with Crippen LogP contribution in [-0.2, 0) is 0 Å². The van der Waals surface area contributed by atoms with Crippen molar-refractivity contribution < 1.29 is 9.84 Å². The number of piperidine rings is 1. The smallest absolute Gasteiger partial charge is 0.213 e. The third-order valence-electron chi connectivity index (χ3n) is 5.56. The van der Waals surface area contributed by atoms with Crippen LogP contribution < -0.4 is 20.7 Å². The molecule has 4 aromatic rings. The molecule has 0 spiro atoms. The van der Waals surface area contributed by atoms with Crippen LogP contribution in [0.15, 0.2) is 36.5 Å². The fraction of sp³-hybridized carbons (Fsp3) is 0.318. The molecule has 11 heteroatoms. The van der Waals surface area contributed by atoms with Gasteiger partial charge < -0.3 is 25.8 Å². The first-order chi connectivity index (χ1) is 16.0. The topological polar surface area (TPSA) is 140 Å². The van der Waals surface area contributed by atoms with Crippen LogP contribution in [0.2, 0.25) is 0 Å². The summed E-state index contributed by atoms with van der Waals surface area (Å²) in [5, 5.41) is 18.0. The SMILES string of the molecule is COc1ccc(Nc2nc3ccc(N4CCC(O)CC4)nn3c2-c2cc(N)nc(C)n2)cn1. The van der Waals surface area contributed by atoms with E-state index in [0.717, 1.165) is 37.4 Å². The molecule has 0 amide bonds. The Hall–Kier alpha value is -3.99. The van der Waals surface area contributed by atoms with Crippen LogP contribution in [0.1, 0.15) is 18.7 Å². The van der Waals surface area contributed by atoms with Crippen molar-refractivity contribution in [3.05, 3.63) is 42.4 Å². The third-order valence-corrected chi connectivity index (χ3v) is 5.56. The van der Waals surface area contributed by atoms with Gasteiger partial charge in [-0.05, 0) is 38.0 Å². The zero-order valence-electron chi connectivity index (χ0n) is 18.4. The van der Waals surface area contributed by atoms with E-state index in [9.17, 15) is 5.11 Å². The van der Waals surface area contributed by atoms with Crippen LogP contribution in [0.4, 0.5) is 23.1 Å². The summed E-state index contributed by atoms with van der Waals surface area (Å²) in [5.74, 6) is 2.82. The number of methoxy groups -OCH3 is 1. The van der Waals surface area contributed by atoms with Gasteiger partial charge in [-0.15, -0.1) is 5.10 Å². The van der Waals surface area contributed by atoms with Gasteiger partial charge in [-0.25, -0.2) is 24.5 Å². The molecule has 170 valence electrons. The van der Waals surface area contributed by atoms with E-state index in [1.54, 1.807) is 36.9 Å². The molecular formula is C22H25N9O2. The molecule has 4 N–H and O–H groups in total. The van der Waals surface area contributed by atoms with Crippen molar-refractivity contribution in [2.24, 2.45) is 0 Å². The molecule has 1 aliphatic rings. The number of nitrogen functional groups attached to an aromatic ring is 1. The first-order valence-corrected chi connectivity index (χ1v) is 10.7. The van der Waals surface area contributed by atoms with E-state index < -0.39 is 0 Å². The molecule has 1 saturated heterocycles. The number of ether oxygens (including phenoxy) is 1. The van der Waals surface area contributed by atoms with E-state index in [1.165, 1.54) is 0 Å². The molecule has 1 fully saturated rings. The number of aromatic nitrogens is 6. The van der Waals surface area contributed by atoms with Crippen LogP contribution in [0.3, 0.4) is 0 Å². The number of imidazole rings is 1. The highest BCUT2D eigenvalue weighted by molar-refractivity contribution is 5.78. The number of hydrogen-bond donors (Lipinski definition) is 3. The van der Waals surface area contributed by atoms with Crippen molar-refractivity contribution in [3.63, 3.8) is 0 Å². The maximum atomic E-state index is 9.86. The highest BCUT2D eigenvalue weighted by atomic mass is 16.5. The number of nitrogens with zero attached hydrogens (tertiary/aromatic N) is 7. The maximum Gasteiger partial charge on any atom is 0.213 e. The second-order valence-corrected chi connectivity index (χ2v) is 7.93. The third kappa shape index (κ3) is 4.22. The van der Waals surface area contributed by atoms with E-state index in [1.807, 2.05) is 18.2 Å². The number of nitrogens with two attached hydrogens (primary N) is 1. The molecule has 1 aliphatic heterocycles. The summed E-state index contributed by atoms with van der Waals surface area (Å²) in [5.41, 5.74) is 8.69. The zero-order valence-corrected chi connectivity index (χ0v) is 18.4. The summed E-state index contributed by atoms with van der Waals surface area (Å²) in [6, 6.07) is 9.20. The predicted molar refractivity (Wildman–Crippen MR) is 125 cm³/mol. The molecule has 0 bridgehead atoms. The molecule has 5 heterocycles. The van der Waals surface area contributed by atoms with Gasteiger partial charge in [-0.3, -0.25) is 0 Å². The van der Waals surface area contributed by atoms with Gasteiger partial charge >= 0.3 is 0 Å². The highest BCUT2D eigenvalue weighted by Crippen LogP contribution is 2.31. The average molecular weight is 448 g/mol. The molecule has 0 atom stereocenters. The average Bonchev–Trinajstić information content (AvgIpc) is 3.16. The first kappa shape index (κ1) is 20.9. The van der Waals surface area contributed by atoms with E-state index >= 15 is 0 Å². The number of anilines is 4. The number of aliphatic hydroxyl groups is 1. The van der Waals surface area contributed by atoms with Crippen molar-refractivity contribution in [2.75, 3.05) is 36.1 Å². The number of rotatable bonds is 5. The lowest BCUT2D eigenvalue weighted by molar-refractivity contribution is 0.145. The van der Waals surface area contributed by atoms with Gasteiger partial charge in [0.1, 0.15) is 23.2 Å². The Morgan fingerprint density at radius 3 is 2.64 bits per heavy atom. The Balaban J connectivity index is 1.61. The van der Waals surface area contributed by atoms with Gasteiger partial charge in [0.2, 0.25) is 5.88 Å². The maximum absolute atomic E-state index is 9.86. The molecule has 11 nitrogen and oxygen atoms in total. The minimum absolute atomic E-state index is 0.255. The van der Waals surface area contributed by atoms with Crippen molar-refractivity contribution in [1.29, 1.82) is 0 Å². The van der Waals surface area contributed by atoms with Crippen LogP contribution in [0, 0.1) is 6.92 Å². The fourth-order valence-corrected chi connectivity index (χ4v) is 3.93. The van der Waals surface area contributed by atoms with E-state index in [0.29, 0.717) is 40.4 Å². The van der Waals surface area contributed by atoms with Crippen LogP contribution in [0.25, 0.3) is 17.0 Å². The Morgan fingerprint density at radius 1 is 1.12 bits per heavy atom. The normalized spacial score (nSPS) is 14.6. The van der Waals surface area contributed by atoms with Gasteiger partial charge in [0.25, 0.3) is 0 Å². The van der Waals surface area contributed by atoms with Gasteiger partial charge in [-0.1, -0.05) is 0 Å². The Morgan fingerprint density at radius 2 is 1.94 bits per heavy atom. The second-order valence-electron chi connectivity index (χ2n) is 7.93. The second kappa shape index (κ2) is 8.51. The lowest BCUT2D eigenvalue weighted by Crippen LogP contribution is -2.36. The summed E-state index contributed by atoms with van der Waals surface area (Å²) in [7, 11) is 1.57. The lowest BCUT2D eigenvalue weighted by atomic mass is 10.1. The fourth-order valence-electron chi connectivity index (χ4n) is 3.93. The quantitative estimate of drug-likeness (QED) is 0.417. The number of fused-ring (bicyclic) bond motifs is 1. The van der Waals surface area contributed by atoms with Gasteiger partial charge in [0, 0.05) is 25.2 Å². The summed E-state index contributed by atoms with van der Waals surface area (Å²) in [6.07, 6.45) is 2.85. The van der Waals surface area contributed by atoms with Crippen molar-refractivity contribution in [1.82, 2.24) is 29.5 Å². The minimum Gasteiger partial charge on any atom is -0.481 e. The number of aryl methyl sites for hydroxylation is 1. The van der Waals surface area contributed by atoms with Crippen LogP contribution >= 0.6 is 0 Å². The van der Waals surface area contributed by atoms with Crippen LogP contribution in [0.5, 0.6) is 5.88 Å². The Kier molecular flexibility index (Phi) is 5.38. The van der Waals surface area contributed by atoms with Crippen molar-refractivity contribution >= 4 is 28.8 Å². The van der Waals surface area contributed by atoms with Gasteiger partial charge in [0.05, 0.1) is 30.8 Å². The minimum atomic E-state index is -0.255. The molecule has 4 aromatic heterocycles. The summed E-state index contributed by atoms with van der Waals surface area (Å²) >= 11 is 0. The van der Waals surface area contributed by atoms with Gasteiger partial charge in [0.15, 0.2) is 11.5 Å². The summed E-state index contributed by atoms with van der Waals surface area (Å²) in [6.45, 7) is 3.28. The van der Waals surface area contributed by atoms with Crippen molar-refractivity contribution in [2.45, 2.75) is 25.9 Å². The van der Waals surface area contributed by atoms with E-state index in [2.05, 4.69) is 25.2 Å². The molecular weight excluding hydrogens is 422 g/mol. The van der Waals surface area contributed by atoms with Gasteiger partial charge in [-0.2, -0.15) is 0 Å². The molecule has 0 aromatic carbocycles. The van der Waals surface area contributed by atoms with E-state index in [4.69, 9.17) is 20.6 Å². The molecule has 0 saturated carbocycles. The predicted octanol–water partition coefficient (Wildman–Crippen LogP) is 2.19. The number of pyridine rings is 1. The Labute approximate surface area is 190 Å². The first-order valence-electron chi connectivity index (χ1n) is 10.7. The number of aliphatic hydroxyl groups excluding tert-OH is 1. The van der Waals surface area contributed by atoms with Crippen molar-refractivity contribution in [3.8, 4) is 17.3 Å². The summed E-state index contributed by atoms with van der Waals surface area (Å²) in [4.78, 5) is 20.0. The standard InChI is InChI=1S/C22H25N9O2/c1-13-25-16(11-17(23)26-13)21-22(27-14-3-6-20(33-2)24-12-14)28-18-4-5-19(29-31(18)21)30-9-7-15(32)8-10-30/h3-6,11-12,15,27,32H,7-10H2,1-2H3,(H2,23,25,26). The van der Waals surface area contributed by atoms with Crippen LogP contribution in [-0.4, -0.2) is 61.0 Å².